The minimum Gasteiger partial charge on any atom is -0.404 e. The zero-order valence-corrected chi connectivity index (χ0v) is 14.3. The average molecular weight is 383 g/mol. The van der Waals surface area contributed by atoms with Crippen molar-refractivity contribution in [1.82, 2.24) is 0 Å². The van der Waals surface area contributed by atoms with E-state index in [2.05, 4.69) is 15.9 Å². The number of halogens is 1. The quantitative estimate of drug-likeness (QED) is 0.546. The van der Waals surface area contributed by atoms with Crippen LogP contribution >= 0.6 is 23.8 Å². The lowest BCUT2D eigenvalue weighted by Crippen LogP contribution is -2.14. The number of benzene rings is 2. The van der Waals surface area contributed by atoms with Crippen molar-refractivity contribution >= 4 is 23.8 Å². The summed E-state index contributed by atoms with van der Waals surface area (Å²) in [4.78, 5) is 0.00472. The second kappa shape index (κ2) is 6.97. The summed E-state index contributed by atoms with van der Waals surface area (Å²) >= 11 is 3.60. The van der Waals surface area contributed by atoms with Gasteiger partial charge in [0.25, 0.3) is 0 Å². The van der Waals surface area contributed by atoms with Gasteiger partial charge in [-0.15, -0.1) is 0 Å². The van der Waals surface area contributed by atoms with Gasteiger partial charge in [0, 0.05) is 4.83 Å². The summed E-state index contributed by atoms with van der Waals surface area (Å²) in [6.07, 6.45) is 0.292. The molecule has 1 aliphatic heterocycles. The van der Waals surface area contributed by atoms with Gasteiger partial charge in [-0.05, 0) is 24.1 Å². The van der Waals surface area contributed by atoms with Gasteiger partial charge in [0.05, 0.1) is 6.61 Å². The molecular formula is C16H16BrO4P. The Bertz CT molecular complexity index is 650. The molecule has 0 spiro atoms. The van der Waals surface area contributed by atoms with E-state index < -0.39 is 13.9 Å². The Balaban J connectivity index is 1.85. The molecule has 4 nitrogen and oxygen atoms in total. The third kappa shape index (κ3) is 3.79. The predicted molar refractivity (Wildman–Crippen MR) is 88.2 cm³/mol. The van der Waals surface area contributed by atoms with Crippen LogP contribution in [0.5, 0.6) is 5.75 Å². The van der Waals surface area contributed by atoms with Gasteiger partial charge in [-0.1, -0.05) is 64.5 Å². The average Bonchev–Trinajstić information content (AvgIpc) is 2.68. The molecule has 22 heavy (non-hydrogen) atoms. The zero-order chi connectivity index (χ0) is 15.4. The number of alkyl halides is 1. The van der Waals surface area contributed by atoms with E-state index in [1.807, 2.05) is 36.4 Å². The van der Waals surface area contributed by atoms with E-state index in [4.69, 9.17) is 13.6 Å². The standard InChI is InChI=1S/C16H16BrO4P/c17-15-11-12-19-22(18,20-14-9-5-2-6-10-14)21-16(15)13-7-3-1-4-8-13/h1-10,15-16H,11-12H2/t15-,16+,22+/m1/s1. The highest BCUT2D eigenvalue weighted by molar-refractivity contribution is 9.09. The summed E-state index contributed by atoms with van der Waals surface area (Å²) in [5.41, 5.74) is 0.937. The monoisotopic (exact) mass is 382 g/mol. The number of phosphoric ester groups is 1. The molecule has 2 aromatic carbocycles. The molecule has 1 fully saturated rings. The minimum absolute atomic E-state index is 0.00472. The molecule has 6 heteroatoms. The van der Waals surface area contributed by atoms with Crippen molar-refractivity contribution < 1.29 is 18.1 Å². The number of hydrogen-bond donors (Lipinski definition) is 0. The molecule has 1 aliphatic rings. The Labute approximate surface area is 138 Å². The Hall–Kier alpha value is -1.13. The first-order valence-corrected chi connectivity index (χ1v) is 9.40. The van der Waals surface area contributed by atoms with Crippen molar-refractivity contribution in [3.8, 4) is 5.75 Å². The van der Waals surface area contributed by atoms with Crippen LogP contribution < -0.4 is 4.52 Å². The lowest BCUT2D eigenvalue weighted by molar-refractivity contribution is 0.137. The predicted octanol–water partition coefficient (Wildman–Crippen LogP) is 5.12. The van der Waals surface area contributed by atoms with Gasteiger partial charge in [0.15, 0.2) is 0 Å². The first-order valence-electron chi connectivity index (χ1n) is 7.03. The molecule has 0 aliphatic carbocycles. The topological polar surface area (TPSA) is 44.8 Å². The normalized spacial score (nSPS) is 28.8. The molecule has 2 aromatic rings. The van der Waals surface area contributed by atoms with E-state index in [0.717, 1.165) is 5.56 Å². The Morgan fingerprint density at radius 2 is 1.68 bits per heavy atom. The summed E-state index contributed by atoms with van der Waals surface area (Å²) in [5.74, 6) is 0.464. The van der Waals surface area contributed by atoms with Crippen LogP contribution in [0.25, 0.3) is 0 Å². The Morgan fingerprint density at radius 3 is 2.36 bits per heavy atom. The number of rotatable bonds is 3. The van der Waals surface area contributed by atoms with Crippen molar-refractivity contribution in [2.75, 3.05) is 6.61 Å². The molecule has 0 saturated carbocycles. The fourth-order valence-corrected chi connectivity index (χ4v) is 4.41. The van der Waals surface area contributed by atoms with Gasteiger partial charge in [-0.25, -0.2) is 4.57 Å². The summed E-state index contributed by atoms with van der Waals surface area (Å²) in [6.45, 7) is 0.309. The van der Waals surface area contributed by atoms with Crippen molar-refractivity contribution in [2.45, 2.75) is 17.4 Å². The molecule has 3 rings (SSSR count). The van der Waals surface area contributed by atoms with Crippen LogP contribution in [0.1, 0.15) is 18.1 Å². The molecule has 1 saturated heterocycles. The molecule has 0 amide bonds. The molecule has 0 bridgehead atoms. The van der Waals surface area contributed by atoms with Crippen molar-refractivity contribution in [1.29, 1.82) is 0 Å². The highest BCUT2D eigenvalue weighted by Crippen LogP contribution is 2.56. The van der Waals surface area contributed by atoms with E-state index >= 15 is 0 Å². The summed E-state index contributed by atoms with van der Waals surface area (Å²) < 4.78 is 29.5. The SMILES string of the molecule is O=[P@@]1(Oc2ccccc2)OCC[C@@H](Br)[C@H](c2ccccc2)O1. The Morgan fingerprint density at radius 1 is 1.05 bits per heavy atom. The maximum Gasteiger partial charge on any atom is 0.530 e. The summed E-state index contributed by atoms with van der Waals surface area (Å²) in [5, 5.41) is 0. The molecule has 0 N–H and O–H groups in total. The second-order valence-electron chi connectivity index (χ2n) is 4.93. The first-order chi connectivity index (χ1) is 10.7. The van der Waals surface area contributed by atoms with E-state index in [0.29, 0.717) is 18.8 Å². The fourth-order valence-electron chi connectivity index (χ4n) is 2.23. The van der Waals surface area contributed by atoms with Crippen LogP contribution in [-0.2, 0) is 13.6 Å². The summed E-state index contributed by atoms with van der Waals surface area (Å²) in [7, 11) is -3.67. The van der Waals surface area contributed by atoms with E-state index in [1.54, 1.807) is 24.3 Å². The molecule has 0 radical (unpaired) electrons. The van der Waals surface area contributed by atoms with Crippen molar-refractivity contribution in [3.05, 3.63) is 66.2 Å². The van der Waals surface area contributed by atoms with Crippen LogP contribution in [0.3, 0.4) is 0 Å². The van der Waals surface area contributed by atoms with Gasteiger partial charge in [0.2, 0.25) is 0 Å². The molecule has 1 heterocycles. The van der Waals surface area contributed by atoms with Crippen LogP contribution in [0.15, 0.2) is 60.7 Å². The van der Waals surface area contributed by atoms with Gasteiger partial charge >= 0.3 is 7.82 Å². The number of phosphoric acid groups is 1. The van der Waals surface area contributed by atoms with Crippen molar-refractivity contribution in [2.24, 2.45) is 0 Å². The zero-order valence-electron chi connectivity index (χ0n) is 11.8. The van der Waals surface area contributed by atoms with Crippen LogP contribution in [0.2, 0.25) is 0 Å². The number of para-hydroxylation sites is 1. The third-order valence-electron chi connectivity index (χ3n) is 3.30. The van der Waals surface area contributed by atoms with Gasteiger partial charge in [0.1, 0.15) is 11.9 Å². The van der Waals surface area contributed by atoms with Crippen LogP contribution in [-0.4, -0.2) is 11.4 Å². The lowest BCUT2D eigenvalue weighted by Gasteiger charge is -2.23. The van der Waals surface area contributed by atoms with E-state index in [-0.39, 0.29) is 4.83 Å². The van der Waals surface area contributed by atoms with E-state index in [1.165, 1.54) is 0 Å². The van der Waals surface area contributed by atoms with Gasteiger partial charge in [-0.2, -0.15) is 0 Å². The fraction of sp³-hybridized carbons (Fsp3) is 0.250. The lowest BCUT2D eigenvalue weighted by atomic mass is 10.1. The molecule has 0 aromatic heterocycles. The highest BCUT2D eigenvalue weighted by atomic mass is 79.9. The third-order valence-corrected chi connectivity index (χ3v) is 5.66. The largest absolute Gasteiger partial charge is 0.530 e. The highest BCUT2D eigenvalue weighted by Gasteiger charge is 2.39. The molecule has 0 unspecified atom stereocenters. The van der Waals surface area contributed by atoms with Crippen LogP contribution in [0, 0.1) is 0 Å². The van der Waals surface area contributed by atoms with Crippen LogP contribution in [0.4, 0.5) is 0 Å². The second-order valence-corrected chi connectivity index (χ2v) is 7.65. The maximum absolute atomic E-state index is 12.9. The van der Waals surface area contributed by atoms with Gasteiger partial charge in [-0.3, -0.25) is 9.05 Å². The first kappa shape index (κ1) is 15.8. The maximum atomic E-state index is 12.9. The number of hydrogen-bond acceptors (Lipinski definition) is 4. The van der Waals surface area contributed by atoms with Crippen molar-refractivity contribution in [3.63, 3.8) is 0 Å². The molecule has 3 atom stereocenters. The smallest absolute Gasteiger partial charge is 0.404 e. The molecule has 116 valence electrons. The van der Waals surface area contributed by atoms with E-state index in [9.17, 15) is 4.57 Å². The Kier molecular flexibility index (Phi) is 4.99. The molecular weight excluding hydrogens is 367 g/mol. The summed E-state index contributed by atoms with van der Waals surface area (Å²) in [6, 6.07) is 18.6. The minimum atomic E-state index is -3.67. The van der Waals surface area contributed by atoms with Gasteiger partial charge < -0.3 is 4.52 Å².